The fraction of sp³-hybridized carbons (Fsp3) is 0.111. The third-order valence-electron chi connectivity index (χ3n) is 1.32. The SMILES string of the molecule is Cc1cc([C]=O)cc(C#N)c1. The van der Waals surface area contributed by atoms with Gasteiger partial charge in [0, 0.05) is 5.56 Å². The van der Waals surface area contributed by atoms with Crippen LogP contribution in [0.1, 0.15) is 16.7 Å². The molecule has 0 aromatic heterocycles. The third-order valence-corrected chi connectivity index (χ3v) is 1.32. The molecule has 0 N–H and O–H groups in total. The lowest BCUT2D eigenvalue weighted by Gasteiger charge is -1.93. The summed E-state index contributed by atoms with van der Waals surface area (Å²) in [5.41, 5.74) is 1.84. The Bertz CT molecular complexity index is 323. The molecule has 0 aliphatic heterocycles. The van der Waals surface area contributed by atoms with E-state index in [2.05, 4.69) is 0 Å². The van der Waals surface area contributed by atoms with Gasteiger partial charge in [-0.05, 0) is 30.7 Å². The highest BCUT2D eigenvalue weighted by Gasteiger charge is 1.96. The molecule has 0 unspecified atom stereocenters. The Morgan fingerprint density at radius 3 is 2.45 bits per heavy atom. The molecule has 0 aliphatic rings. The Morgan fingerprint density at radius 1 is 1.27 bits per heavy atom. The van der Waals surface area contributed by atoms with Gasteiger partial charge in [-0.15, -0.1) is 0 Å². The lowest BCUT2D eigenvalue weighted by molar-refractivity contribution is 0.562. The van der Waals surface area contributed by atoms with Crippen molar-refractivity contribution >= 4 is 6.29 Å². The fourth-order valence-corrected chi connectivity index (χ4v) is 0.907. The minimum absolute atomic E-state index is 0.432. The molecule has 2 heteroatoms. The molecule has 0 atom stereocenters. The zero-order chi connectivity index (χ0) is 8.27. The fourth-order valence-electron chi connectivity index (χ4n) is 0.907. The highest BCUT2D eigenvalue weighted by Crippen LogP contribution is 2.06. The highest BCUT2D eigenvalue weighted by molar-refractivity contribution is 5.76. The third kappa shape index (κ3) is 1.65. The summed E-state index contributed by atoms with van der Waals surface area (Å²) in [5, 5.41) is 8.50. The van der Waals surface area contributed by atoms with Crippen LogP contribution in [0.15, 0.2) is 18.2 Å². The van der Waals surface area contributed by atoms with Gasteiger partial charge in [-0.1, -0.05) is 0 Å². The minimum Gasteiger partial charge on any atom is -0.285 e. The quantitative estimate of drug-likeness (QED) is 0.596. The van der Waals surface area contributed by atoms with Crippen molar-refractivity contribution in [2.75, 3.05) is 0 Å². The molecule has 1 radical (unpaired) electrons. The van der Waals surface area contributed by atoms with Crippen LogP contribution in [0.2, 0.25) is 0 Å². The van der Waals surface area contributed by atoms with Crippen molar-refractivity contribution in [3.8, 4) is 6.07 Å². The van der Waals surface area contributed by atoms with Crippen molar-refractivity contribution in [2.45, 2.75) is 6.92 Å². The number of benzene rings is 1. The van der Waals surface area contributed by atoms with E-state index in [-0.39, 0.29) is 0 Å². The molecule has 1 aromatic rings. The van der Waals surface area contributed by atoms with Gasteiger partial charge in [0.1, 0.15) is 0 Å². The molecule has 0 saturated heterocycles. The van der Waals surface area contributed by atoms with Crippen molar-refractivity contribution in [2.24, 2.45) is 0 Å². The van der Waals surface area contributed by atoms with Gasteiger partial charge >= 0.3 is 0 Å². The minimum atomic E-state index is 0.432. The van der Waals surface area contributed by atoms with Crippen LogP contribution in [0.4, 0.5) is 0 Å². The van der Waals surface area contributed by atoms with Gasteiger partial charge in [0.15, 0.2) is 0 Å². The monoisotopic (exact) mass is 144 g/mol. The molecule has 53 valence electrons. The first-order valence-electron chi connectivity index (χ1n) is 3.16. The largest absolute Gasteiger partial charge is 0.285 e. The van der Waals surface area contributed by atoms with Gasteiger partial charge in [0.05, 0.1) is 11.6 Å². The van der Waals surface area contributed by atoms with Crippen LogP contribution in [0, 0.1) is 18.3 Å². The number of hydrogen-bond acceptors (Lipinski definition) is 2. The van der Waals surface area contributed by atoms with E-state index in [4.69, 9.17) is 5.26 Å². The van der Waals surface area contributed by atoms with E-state index in [0.717, 1.165) is 5.56 Å². The van der Waals surface area contributed by atoms with Crippen LogP contribution >= 0.6 is 0 Å². The van der Waals surface area contributed by atoms with Gasteiger partial charge in [-0.3, -0.25) is 4.79 Å². The number of aryl methyl sites for hydroxylation is 1. The number of rotatable bonds is 1. The maximum absolute atomic E-state index is 10.2. The second kappa shape index (κ2) is 2.98. The molecular formula is C9H6NO. The number of carbonyl (C=O) groups excluding carboxylic acids is 1. The number of nitriles is 1. The smallest absolute Gasteiger partial charge is 0.233 e. The van der Waals surface area contributed by atoms with Crippen LogP contribution in [-0.4, -0.2) is 6.29 Å². The maximum atomic E-state index is 10.2. The van der Waals surface area contributed by atoms with E-state index in [0.29, 0.717) is 11.1 Å². The summed E-state index contributed by atoms with van der Waals surface area (Å²) in [6, 6.07) is 6.89. The molecule has 0 saturated carbocycles. The van der Waals surface area contributed by atoms with Gasteiger partial charge in [0.25, 0.3) is 0 Å². The normalized spacial score (nSPS) is 8.73. The summed E-state index contributed by atoms with van der Waals surface area (Å²) < 4.78 is 0. The molecule has 0 fully saturated rings. The molecule has 0 spiro atoms. The summed E-state index contributed by atoms with van der Waals surface area (Å²) in [5.74, 6) is 0. The topological polar surface area (TPSA) is 40.9 Å². The lowest BCUT2D eigenvalue weighted by atomic mass is 10.1. The van der Waals surface area contributed by atoms with Crippen molar-refractivity contribution in [3.05, 3.63) is 34.9 Å². The Morgan fingerprint density at radius 2 is 1.91 bits per heavy atom. The Labute approximate surface area is 65.1 Å². The number of nitrogens with zero attached hydrogens (tertiary/aromatic N) is 1. The van der Waals surface area contributed by atoms with E-state index in [1.165, 1.54) is 6.07 Å². The highest BCUT2D eigenvalue weighted by atomic mass is 16.1. The predicted octanol–water partition coefficient (Wildman–Crippen LogP) is 1.32. The van der Waals surface area contributed by atoms with Gasteiger partial charge < -0.3 is 0 Å². The summed E-state index contributed by atoms with van der Waals surface area (Å²) >= 11 is 0. The average Bonchev–Trinajstić information content (AvgIpc) is 2.03. The van der Waals surface area contributed by atoms with Crippen LogP contribution in [0.25, 0.3) is 0 Å². The predicted molar refractivity (Wildman–Crippen MR) is 40.7 cm³/mol. The lowest BCUT2D eigenvalue weighted by Crippen LogP contribution is -1.84. The zero-order valence-corrected chi connectivity index (χ0v) is 6.09. The summed E-state index contributed by atoms with van der Waals surface area (Å²) in [4.78, 5) is 10.2. The second-order valence-electron chi connectivity index (χ2n) is 2.30. The van der Waals surface area contributed by atoms with Crippen molar-refractivity contribution in [1.29, 1.82) is 5.26 Å². The van der Waals surface area contributed by atoms with Crippen LogP contribution in [-0.2, 0) is 4.79 Å². The first-order chi connectivity index (χ1) is 5.26. The Kier molecular flexibility index (Phi) is 2.03. The maximum Gasteiger partial charge on any atom is 0.233 e. The first-order valence-corrected chi connectivity index (χ1v) is 3.16. The molecule has 1 aromatic carbocycles. The van der Waals surface area contributed by atoms with Crippen LogP contribution in [0.3, 0.4) is 0 Å². The molecule has 0 aliphatic carbocycles. The van der Waals surface area contributed by atoms with Crippen molar-refractivity contribution < 1.29 is 4.79 Å². The Balaban J connectivity index is 3.25. The van der Waals surface area contributed by atoms with E-state index in [1.807, 2.05) is 13.0 Å². The molecular weight excluding hydrogens is 138 g/mol. The summed E-state index contributed by atoms with van der Waals surface area (Å²) in [6.45, 7) is 1.84. The van der Waals surface area contributed by atoms with E-state index in [9.17, 15) is 4.79 Å². The Hall–Kier alpha value is -1.62. The average molecular weight is 144 g/mol. The van der Waals surface area contributed by atoms with Crippen molar-refractivity contribution in [3.63, 3.8) is 0 Å². The molecule has 11 heavy (non-hydrogen) atoms. The van der Waals surface area contributed by atoms with Gasteiger partial charge in [-0.25, -0.2) is 0 Å². The zero-order valence-electron chi connectivity index (χ0n) is 6.09. The molecule has 0 bridgehead atoms. The van der Waals surface area contributed by atoms with Crippen LogP contribution < -0.4 is 0 Å². The standard InChI is InChI=1S/C9H6NO/c1-7-2-8(5-10)4-9(3-7)6-11/h2-4H,1H3. The first kappa shape index (κ1) is 7.49. The van der Waals surface area contributed by atoms with E-state index >= 15 is 0 Å². The van der Waals surface area contributed by atoms with Gasteiger partial charge in [0.2, 0.25) is 6.29 Å². The summed E-state index contributed by atoms with van der Waals surface area (Å²) in [6.07, 6.45) is 1.74. The van der Waals surface area contributed by atoms with Gasteiger partial charge in [-0.2, -0.15) is 5.26 Å². The molecule has 0 heterocycles. The summed E-state index contributed by atoms with van der Waals surface area (Å²) in [7, 11) is 0. The van der Waals surface area contributed by atoms with Crippen LogP contribution in [0.5, 0.6) is 0 Å². The van der Waals surface area contributed by atoms with E-state index in [1.54, 1.807) is 18.4 Å². The van der Waals surface area contributed by atoms with E-state index < -0.39 is 0 Å². The molecule has 1 rings (SSSR count). The molecule has 0 amide bonds. The van der Waals surface area contributed by atoms with Crippen molar-refractivity contribution in [1.82, 2.24) is 0 Å². The number of hydrogen-bond donors (Lipinski definition) is 0. The molecule has 2 nitrogen and oxygen atoms in total. The second-order valence-corrected chi connectivity index (χ2v) is 2.30.